The molecule has 4 N–H and O–H groups in total. The Balaban J connectivity index is 4.76. The number of phosphoric acid groups is 2. The Kier molecular flexibility index (Phi) is 69.0. The first-order chi connectivity index (χ1) is 48.2. The number of carbonyl (C=O) groups is 3. The number of hydrogen-bond acceptors (Lipinski definition) is 14. The second-order valence-corrected chi connectivity index (χ2v) is 27.2. The van der Waals surface area contributed by atoms with Gasteiger partial charge < -0.3 is 34.2 Å². The van der Waals surface area contributed by atoms with Gasteiger partial charge in [-0.1, -0.05) is 262 Å². The molecule has 0 aliphatic carbocycles. The molecule has 0 aromatic heterocycles. The van der Waals surface area contributed by atoms with Gasteiger partial charge in [0.15, 0.2) is 6.10 Å². The quantitative estimate of drug-likeness (QED) is 0.0146. The third-order valence-corrected chi connectivity index (χ3v) is 16.8. The van der Waals surface area contributed by atoms with Crippen molar-refractivity contribution in [3.63, 3.8) is 0 Å². The summed E-state index contributed by atoms with van der Waals surface area (Å²) < 4.78 is 61.0. The second-order valence-electron chi connectivity index (χ2n) is 24.3. The Morgan fingerprint density at radius 2 is 0.535 bits per heavy atom. The van der Waals surface area contributed by atoms with Crippen molar-refractivity contribution in [2.24, 2.45) is 0 Å². The van der Waals surface area contributed by atoms with Gasteiger partial charge in [0.1, 0.15) is 25.4 Å². The molecule has 0 aliphatic rings. The van der Waals surface area contributed by atoms with Crippen LogP contribution in [0.4, 0.5) is 0 Å². The molecule has 0 saturated heterocycles. The van der Waals surface area contributed by atoms with Gasteiger partial charge in [-0.05, 0) is 154 Å². The number of rotatable bonds is 69. The number of hydrogen-bond donors (Lipinski definition) is 4. The summed E-state index contributed by atoms with van der Waals surface area (Å²) >= 11 is 0. The van der Waals surface area contributed by atoms with Crippen molar-refractivity contribution in [1.82, 2.24) is 0 Å². The van der Waals surface area contributed by atoms with Crippen LogP contribution in [0.25, 0.3) is 0 Å². The van der Waals surface area contributed by atoms with Crippen molar-refractivity contribution < 1.29 is 75.8 Å². The first-order valence-corrected chi connectivity index (χ1v) is 40.4. The summed E-state index contributed by atoms with van der Waals surface area (Å²) in [5.41, 5.74) is 0. The summed E-state index contributed by atoms with van der Waals surface area (Å²) in [5.74, 6) is -1.66. The van der Waals surface area contributed by atoms with Crippen LogP contribution in [-0.2, 0) is 55.8 Å². The lowest BCUT2D eigenvalue weighted by Crippen LogP contribution is -2.30. The van der Waals surface area contributed by atoms with Gasteiger partial charge in [0, 0.05) is 19.3 Å². The minimum atomic E-state index is -4.95. The Morgan fingerprint density at radius 3 is 0.859 bits per heavy atom. The van der Waals surface area contributed by atoms with Crippen molar-refractivity contribution in [2.45, 2.75) is 283 Å². The molecular weight excluding hydrogens is 1290 g/mol. The molecule has 0 spiro atoms. The fourth-order valence-electron chi connectivity index (χ4n) is 9.25. The molecule has 0 bridgehead atoms. The number of aliphatic hydroxyl groups is 2. The Bertz CT molecular complexity index is 2480. The SMILES string of the molecule is CC/C=C\C/C=C\C/C=C\C/C=C\C/C=C\CCCCCCCCCC(=O)OCC(O)COP(=O)(O)OCC(O)COP(=O)(O)OCC(COC(=O)CCCCCCC/C=C\C/C=C\C/C=C\C/C=C\CCCCC)OC(=O)CCCCC/C=C\C/C=C\C/C=C\C/C=C\C/C=C\CC. The van der Waals surface area contributed by atoms with E-state index in [1.807, 2.05) is 0 Å². The highest BCUT2D eigenvalue weighted by molar-refractivity contribution is 7.47. The van der Waals surface area contributed by atoms with Gasteiger partial charge in [0.2, 0.25) is 0 Å². The van der Waals surface area contributed by atoms with Crippen molar-refractivity contribution >= 4 is 33.6 Å². The minimum Gasteiger partial charge on any atom is -0.463 e. The zero-order chi connectivity index (χ0) is 72.3. The summed E-state index contributed by atoms with van der Waals surface area (Å²) in [6, 6.07) is 0. The topological polar surface area (TPSA) is 231 Å². The summed E-state index contributed by atoms with van der Waals surface area (Å²) in [5, 5.41) is 20.6. The molecule has 0 aromatic carbocycles. The van der Waals surface area contributed by atoms with Crippen LogP contribution in [0.15, 0.2) is 170 Å². The predicted octanol–water partition coefficient (Wildman–Crippen LogP) is 21.6. The fraction of sp³-hybridized carbons (Fsp3) is 0.617. The molecule has 0 radical (unpaired) electrons. The predicted molar refractivity (Wildman–Crippen MR) is 408 cm³/mol. The standard InChI is InChI=1S/C81H132O16P2/c1-4-7-10-13-16-19-22-25-28-31-34-36-37-39-42-43-46-49-52-55-58-61-64-67-79(84)91-70-76(82)71-93-98(87,88)94-72-77(83)73-95-99(89,90)96-75-78(97-81(86)69-66-63-60-57-54-51-48-45-40-33-30-27-24-21-18-15-12-9-6-3)74-92-80(85)68-65-62-59-56-53-50-47-44-41-38-35-32-29-26-23-20-17-14-11-8-5-2/h7,9-10,12,16-21,25-30,34-36,38-40,42,44-45,47,51,54,76-78,82-83H,4-6,8,11,13-15,22-24,31-33,37,41,43,46,48-50,52-53,55-75H2,1-3H3,(H,87,88)(H,89,90)/b10-7-,12-9-,19-16-,20-17-,21-18-,28-25-,29-26-,30-27-,36-34-,38-35-,42-39-,45-40-,47-44-,54-51-. The average Bonchev–Trinajstić information content (AvgIpc) is 2.30. The van der Waals surface area contributed by atoms with Gasteiger partial charge in [0.25, 0.3) is 0 Å². The zero-order valence-corrected chi connectivity index (χ0v) is 62.9. The van der Waals surface area contributed by atoms with Crippen LogP contribution < -0.4 is 0 Å². The lowest BCUT2D eigenvalue weighted by molar-refractivity contribution is -0.161. The third-order valence-electron chi connectivity index (χ3n) is 14.9. The van der Waals surface area contributed by atoms with Gasteiger partial charge in [-0.25, -0.2) is 9.13 Å². The van der Waals surface area contributed by atoms with Crippen molar-refractivity contribution in [1.29, 1.82) is 0 Å². The van der Waals surface area contributed by atoms with Crippen molar-refractivity contribution in [2.75, 3.05) is 39.6 Å². The smallest absolute Gasteiger partial charge is 0.463 e. The molecule has 0 amide bonds. The van der Waals surface area contributed by atoms with Crippen molar-refractivity contribution in [3.05, 3.63) is 170 Å². The van der Waals surface area contributed by atoms with E-state index in [0.29, 0.717) is 19.3 Å². The number of unbranched alkanes of at least 4 members (excludes halogenated alkanes) is 18. The number of allylic oxidation sites excluding steroid dienone is 28. The largest absolute Gasteiger partial charge is 0.472 e. The summed E-state index contributed by atoms with van der Waals surface area (Å²) in [6.45, 7) is 2.32. The molecule has 5 atom stereocenters. The lowest BCUT2D eigenvalue weighted by atomic mass is 10.1. The van der Waals surface area contributed by atoms with E-state index < -0.39 is 91.5 Å². The first-order valence-electron chi connectivity index (χ1n) is 37.4. The monoisotopic (exact) mass is 1420 g/mol. The highest BCUT2D eigenvalue weighted by Gasteiger charge is 2.29. The van der Waals surface area contributed by atoms with E-state index in [2.05, 4.69) is 191 Å². The highest BCUT2D eigenvalue weighted by atomic mass is 31.2. The van der Waals surface area contributed by atoms with E-state index in [1.54, 1.807) is 0 Å². The number of carbonyl (C=O) groups excluding carboxylic acids is 3. The molecule has 18 heteroatoms. The van der Waals surface area contributed by atoms with E-state index in [9.17, 15) is 43.5 Å². The van der Waals surface area contributed by atoms with Gasteiger partial charge in [-0.2, -0.15) is 0 Å². The van der Waals surface area contributed by atoms with Crippen LogP contribution in [0.3, 0.4) is 0 Å². The molecule has 16 nitrogen and oxygen atoms in total. The molecule has 99 heavy (non-hydrogen) atoms. The molecule has 0 aliphatic heterocycles. The van der Waals surface area contributed by atoms with Gasteiger partial charge in [0.05, 0.1) is 26.4 Å². The highest BCUT2D eigenvalue weighted by Crippen LogP contribution is 2.45. The number of aliphatic hydroxyl groups excluding tert-OH is 2. The average molecular weight is 1420 g/mol. The molecule has 0 heterocycles. The molecule has 5 unspecified atom stereocenters. The van der Waals surface area contributed by atoms with Gasteiger partial charge in [-0.15, -0.1) is 0 Å². The van der Waals surface area contributed by atoms with Crippen LogP contribution in [0.1, 0.15) is 265 Å². The molecule has 0 saturated carbocycles. The first kappa shape index (κ1) is 93.9. The van der Waals surface area contributed by atoms with Gasteiger partial charge in [-0.3, -0.25) is 32.5 Å². The van der Waals surface area contributed by atoms with Crippen molar-refractivity contribution in [3.8, 4) is 0 Å². The van der Waals surface area contributed by atoms with E-state index in [1.165, 1.54) is 19.3 Å². The number of ether oxygens (including phenoxy) is 3. The zero-order valence-electron chi connectivity index (χ0n) is 61.1. The molecule has 0 fully saturated rings. The number of phosphoric ester groups is 2. The summed E-state index contributed by atoms with van der Waals surface area (Å²) in [7, 11) is -9.82. The molecule has 562 valence electrons. The third kappa shape index (κ3) is 73.9. The molecule has 0 rings (SSSR count). The summed E-state index contributed by atoms with van der Waals surface area (Å²) in [6.07, 6.45) is 91.0. The van der Waals surface area contributed by atoms with E-state index in [0.717, 1.165) is 186 Å². The normalized spacial score (nSPS) is 15.0. The maximum absolute atomic E-state index is 13.0. The molecule has 0 aromatic rings. The maximum Gasteiger partial charge on any atom is 0.472 e. The molecular formula is C81H132O16P2. The van der Waals surface area contributed by atoms with Crippen LogP contribution >= 0.6 is 15.6 Å². The van der Waals surface area contributed by atoms with E-state index >= 15 is 0 Å². The Hall–Kier alpha value is -5.09. The van der Waals surface area contributed by atoms with Gasteiger partial charge >= 0.3 is 33.6 Å². The second kappa shape index (κ2) is 72.7. The van der Waals surface area contributed by atoms with Crippen LogP contribution in [0, 0.1) is 0 Å². The lowest BCUT2D eigenvalue weighted by Gasteiger charge is -2.21. The van der Waals surface area contributed by atoms with E-state index in [-0.39, 0.29) is 19.3 Å². The summed E-state index contributed by atoms with van der Waals surface area (Å²) in [4.78, 5) is 58.6. The van der Waals surface area contributed by atoms with E-state index in [4.69, 9.17) is 32.3 Å². The van der Waals surface area contributed by atoms with Crippen LogP contribution in [0.2, 0.25) is 0 Å². The van der Waals surface area contributed by atoms with Crippen LogP contribution in [-0.4, -0.2) is 95.9 Å². The number of esters is 3. The Labute approximate surface area is 599 Å². The fourth-order valence-corrected chi connectivity index (χ4v) is 10.8. The Morgan fingerprint density at radius 1 is 0.293 bits per heavy atom. The maximum atomic E-state index is 13.0. The van der Waals surface area contributed by atoms with Crippen LogP contribution in [0.5, 0.6) is 0 Å². The minimum absolute atomic E-state index is 0.0540.